The van der Waals surface area contributed by atoms with Gasteiger partial charge in [0.05, 0.1) is 11.6 Å². The maximum absolute atomic E-state index is 10.2. The Balaban J connectivity index is 1.43. The summed E-state index contributed by atoms with van der Waals surface area (Å²) in [5.74, 6) is 1.69. The van der Waals surface area contributed by atoms with Crippen molar-refractivity contribution in [3.8, 4) is 17.2 Å². The van der Waals surface area contributed by atoms with Gasteiger partial charge in [-0.1, -0.05) is 57.5 Å². The minimum absolute atomic E-state index is 0.0148. The number of fused-ring (bicyclic) bond motifs is 4. The van der Waals surface area contributed by atoms with Crippen LogP contribution >= 0.6 is 15.9 Å². The number of rotatable bonds is 3. The van der Waals surface area contributed by atoms with E-state index in [0.717, 1.165) is 43.9 Å². The van der Waals surface area contributed by atoms with E-state index in [0.29, 0.717) is 6.54 Å². The fraction of sp³-hybridized carbons (Fsp3) is 0.240. The lowest BCUT2D eigenvalue weighted by molar-refractivity contribution is -0.0777. The lowest BCUT2D eigenvalue weighted by atomic mass is 9.80. The number of phenolic OH excluding ortho intramolecular Hbond substituents is 1. The number of oxime groups is 1. The van der Waals surface area contributed by atoms with E-state index < -0.39 is 0 Å². The number of benzene rings is 3. The van der Waals surface area contributed by atoms with Crippen LogP contribution in [0.25, 0.3) is 0 Å². The van der Waals surface area contributed by atoms with Crippen LogP contribution in [0.1, 0.15) is 41.1 Å². The highest BCUT2D eigenvalue weighted by Crippen LogP contribution is 2.47. The molecule has 3 aliphatic heterocycles. The molecular formula is C25H21BrN2O4. The molecule has 3 aliphatic rings. The summed E-state index contributed by atoms with van der Waals surface area (Å²) in [7, 11) is 0. The van der Waals surface area contributed by atoms with Crippen LogP contribution in [0.4, 0.5) is 0 Å². The van der Waals surface area contributed by atoms with E-state index in [9.17, 15) is 5.11 Å². The Morgan fingerprint density at radius 2 is 1.81 bits per heavy atom. The number of hydrogen-bond acceptors (Lipinski definition) is 6. The first kappa shape index (κ1) is 19.6. The molecule has 0 radical (unpaired) electrons. The number of nitrogens with zero attached hydrogens (tertiary/aromatic N) is 2. The standard InChI is InChI=1S/C25H21BrN2O4/c1-14-19-10-17(29)7-8-18(19)23-24(15-5-3-2-4-6-15)27-32-25(23)28(14)12-16-9-21-22(11-20(16)26)31-13-30-21/h2-11,14,23,25,29H,12-13H2,1H3/t14-,23+,25-/m1/s1. The Bertz CT molecular complexity index is 1230. The molecule has 7 heteroatoms. The van der Waals surface area contributed by atoms with E-state index in [-0.39, 0.29) is 30.7 Å². The first-order valence-electron chi connectivity index (χ1n) is 10.6. The largest absolute Gasteiger partial charge is 0.508 e. The zero-order valence-electron chi connectivity index (χ0n) is 17.4. The molecule has 3 atom stereocenters. The van der Waals surface area contributed by atoms with Crippen LogP contribution in [0.3, 0.4) is 0 Å². The zero-order valence-corrected chi connectivity index (χ0v) is 19.0. The molecule has 0 amide bonds. The predicted molar refractivity (Wildman–Crippen MR) is 123 cm³/mol. The molecule has 3 aromatic rings. The summed E-state index contributed by atoms with van der Waals surface area (Å²) < 4.78 is 12.0. The minimum Gasteiger partial charge on any atom is -0.508 e. The van der Waals surface area contributed by atoms with E-state index in [1.165, 1.54) is 0 Å². The average molecular weight is 493 g/mol. The van der Waals surface area contributed by atoms with E-state index in [1.807, 2.05) is 42.5 Å². The Kier molecular flexibility index (Phi) is 4.62. The van der Waals surface area contributed by atoms with Crippen LogP contribution in [0.2, 0.25) is 0 Å². The highest BCUT2D eigenvalue weighted by Gasteiger charge is 2.47. The first-order valence-corrected chi connectivity index (χ1v) is 11.3. The van der Waals surface area contributed by atoms with Crippen molar-refractivity contribution in [1.29, 1.82) is 0 Å². The molecule has 6 nitrogen and oxygen atoms in total. The molecule has 32 heavy (non-hydrogen) atoms. The smallest absolute Gasteiger partial charge is 0.231 e. The lowest BCUT2D eigenvalue weighted by Gasteiger charge is -2.42. The number of aromatic hydroxyl groups is 1. The van der Waals surface area contributed by atoms with Gasteiger partial charge in [0.2, 0.25) is 6.79 Å². The normalized spacial score (nSPS) is 23.3. The summed E-state index contributed by atoms with van der Waals surface area (Å²) in [5.41, 5.74) is 5.24. The van der Waals surface area contributed by atoms with Crippen LogP contribution < -0.4 is 9.47 Å². The van der Waals surface area contributed by atoms with Gasteiger partial charge in [0.1, 0.15) is 5.75 Å². The topological polar surface area (TPSA) is 63.5 Å². The highest BCUT2D eigenvalue weighted by molar-refractivity contribution is 9.10. The Morgan fingerprint density at radius 3 is 2.62 bits per heavy atom. The molecule has 3 heterocycles. The molecular weight excluding hydrogens is 472 g/mol. The Labute approximate surface area is 194 Å². The third-order valence-electron chi connectivity index (χ3n) is 6.48. The van der Waals surface area contributed by atoms with Crippen LogP contribution in [0, 0.1) is 0 Å². The van der Waals surface area contributed by atoms with E-state index >= 15 is 0 Å². The SMILES string of the molecule is C[C@@H]1c2cc(O)ccc2[C@H]2C(c3ccccc3)=NO[C@H]2N1Cc1cc2c(cc1Br)OCO2. The minimum atomic E-state index is -0.255. The van der Waals surface area contributed by atoms with Gasteiger partial charge in [-0.2, -0.15) is 0 Å². The average Bonchev–Trinajstić information content (AvgIpc) is 3.44. The molecule has 0 fully saturated rings. The predicted octanol–water partition coefficient (Wildman–Crippen LogP) is 5.30. The van der Waals surface area contributed by atoms with Crippen molar-refractivity contribution < 1.29 is 19.4 Å². The second kappa shape index (κ2) is 7.53. The van der Waals surface area contributed by atoms with Gasteiger partial charge in [-0.05, 0) is 47.9 Å². The molecule has 0 spiro atoms. The first-order chi connectivity index (χ1) is 15.6. The molecule has 6 rings (SSSR count). The van der Waals surface area contributed by atoms with Crippen LogP contribution in [0.5, 0.6) is 17.2 Å². The van der Waals surface area contributed by atoms with Gasteiger partial charge < -0.3 is 19.4 Å². The second-order valence-corrected chi connectivity index (χ2v) is 9.13. The van der Waals surface area contributed by atoms with E-state index in [1.54, 1.807) is 6.07 Å². The van der Waals surface area contributed by atoms with Crippen LogP contribution in [-0.4, -0.2) is 28.7 Å². The van der Waals surface area contributed by atoms with Crippen molar-refractivity contribution in [2.45, 2.75) is 31.7 Å². The quantitative estimate of drug-likeness (QED) is 0.537. The van der Waals surface area contributed by atoms with Gasteiger partial charge in [0, 0.05) is 22.6 Å². The second-order valence-electron chi connectivity index (χ2n) is 8.27. The molecule has 0 aromatic heterocycles. The van der Waals surface area contributed by atoms with Gasteiger partial charge >= 0.3 is 0 Å². The lowest BCUT2D eigenvalue weighted by Crippen LogP contribution is -2.45. The van der Waals surface area contributed by atoms with Crippen LogP contribution in [-0.2, 0) is 11.4 Å². The summed E-state index contributed by atoms with van der Waals surface area (Å²) in [6.45, 7) is 2.99. The third kappa shape index (κ3) is 3.07. The van der Waals surface area contributed by atoms with E-state index in [2.05, 4.69) is 45.0 Å². The van der Waals surface area contributed by atoms with Gasteiger partial charge in [0.15, 0.2) is 17.7 Å². The van der Waals surface area contributed by atoms with Crippen molar-refractivity contribution in [2.75, 3.05) is 6.79 Å². The van der Waals surface area contributed by atoms with Crippen molar-refractivity contribution in [3.05, 3.63) is 87.4 Å². The van der Waals surface area contributed by atoms with Gasteiger partial charge in [0.25, 0.3) is 0 Å². The third-order valence-corrected chi connectivity index (χ3v) is 7.22. The molecule has 162 valence electrons. The molecule has 0 saturated heterocycles. The molecule has 3 aromatic carbocycles. The fourth-order valence-electron chi connectivity index (χ4n) is 4.87. The number of phenols is 1. The highest BCUT2D eigenvalue weighted by atomic mass is 79.9. The Morgan fingerprint density at radius 1 is 1.03 bits per heavy atom. The molecule has 1 N–H and O–H groups in total. The van der Waals surface area contributed by atoms with Crippen molar-refractivity contribution in [1.82, 2.24) is 4.90 Å². The zero-order chi connectivity index (χ0) is 21.8. The van der Waals surface area contributed by atoms with Crippen molar-refractivity contribution in [3.63, 3.8) is 0 Å². The number of ether oxygens (including phenoxy) is 2. The molecule has 0 bridgehead atoms. The van der Waals surface area contributed by atoms with Gasteiger partial charge in [-0.3, -0.25) is 4.90 Å². The fourth-order valence-corrected chi connectivity index (χ4v) is 5.32. The summed E-state index contributed by atoms with van der Waals surface area (Å²) in [4.78, 5) is 8.36. The monoisotopic (exact) mass is 492 g/mol. The molecule has 0 saturated carbocycles. The van der Waals surface area contributed by atoms with E-state index in [4.69, 9.17) is 14.3 Å². The molecule has 0 aliphatic carbocycles. The summed E-state index contributed by atoms with van der Waals surface area (Å²) in [6.07, 6.45) is -0.255. The number of hydrogen-bond donors (Lipinski definition) is 1. The summed E-state index contributed by atoms with van der Waals surface area (Å²) >= 11 is 3.69. The van der Waals surface area contributed by atoms with Gasteiger partial charge in [-0.15, -0.1) is 0 Å². The maximum Gasteiger partial charge on any atom is 0.231 e. The summed E-state index contributed by atoms with van der Waals surface area (Å²) in [5, 5.41) is 14.8. The summed E-state index contributed by atoms with van der Waals surface area (Å²) in [6, 6.07) is 19.7. The maximum atomic E-state index is 10.2. The number of halogens is 1. The van der Waals surface area contributed by atoms with Gasteiger partial charge in [-0.25, -0.2) is 0 Å². The molecule has 0 unspecified atom stereocenters. The van der Waals surface area contributed by atoms with Crippen molar-refractivity contribution in [2.24, 2.45) is 5.16 Å². The van der Waals surface area contributed by atoms with Crippen LogP contribution in [0.15, 0.2) is 70.3 Å². The van der Waals surface area contributed by atoms with Crippen molar-refractivity contribution >= 4 is 21.6 Å². The Hall–Kier alpha value is -3.03.